The van der Waals surface area contributed by atoms with Crippen LogP contribution in [0.2, 0.25) is 0 Å². The van der Waals surface area contributed by atoms with Crippen LogP contribution in [-0.2, 0) is 0 Å². The lowest BCUT2D eigenvalue weighted by atomic mass is 10.1. The molecule has 0 atom stereocenters. The van der Waals surface area contributed by atoms with Crippen molar-refractivity contribution in [2.24, 2.45) is 0 Å². The number of hydrogen-bond donors (Lipinski definition) is 0. The summed E-state index contributed by atoms with van der Waals surface area (Å²) in [4.78, 5) is 2.22. The van der Waals surface area contributed by atoms with E-state index in [2.05, 4.69) is 52.3 Å². The third kappa shape index (κ3) is 3.61. The van der Waals surface area contributed by atoms with Crippen LogP contribution in [-0.4, -0.2) is 18.0 Å². The Hall–Kier alpha value is -0.720. The van der Waals surface area contributed by atoms with E-state index >= 15 is 0 Å². The van der Waals surface area contributed by atoms with Crippen molar-refractivity contribution in [2.75, 3.05) is 7.05 Å². The average Bonchev–Trinajstić information content (AvgIpc) is 2.02. The van der Waals surface area contributed by atoms with Crippen molar-refractivity contribution < 1.29 is 0 Å². The van der Waals surface area contributed by atoms with Crippen LogP contribution in [0.5, 0.6) is 0 Å². The quantitative estimate of drug-likeness (QED) is 0.581. The summed E-state index contributed by atoms with van der Waals surface area (Å²) in [7, 11) is 2.09. The predicted octanol–water partition coefficient (Wildman–Crippen LogP) is 3.20. The monoisotopic (exact) mass is 167 g/mol. The van der Waals surface area contributed by atoms with Gasteiger partial charge in [0.2, 0.25) is 0 Å². The van der Waals surface area contributed by atoms with Crippen molar-refractivity contribution in [2.45, 2.75) is 40.2 Å². The van der Waals surface area contributed by atoms with E-state index in [0.29, 0.717) is 6.04 Å². The summed E-state index contributed by atoms with van der Waals surface area (Å²) in [6.45, 7) is 12.6. The molecule has 0 saturated carbocycles. The zero-order valence-electron chi connectivity index (χ0n) is 9.02. The smallest absolute Gasteiger partial charge is 0.0227 e. The summed E-state index contributed by atoms with van der Waals surface area (Å²) < 4.78 is 0. The first-order chi connectivity index (χ1) is 5.49. The van der Waals surface area contributed by atoms with Crippen molar-refractivity contribution in [1.82, 2.24) is 4.90 Å². The summed E-state index contributed by atoms with van der Waals surface area (Å²) in [5.41, 5.74) is 2.58. The average molecular weight is 167 g/mol. The second kappa shape index (κ2) is 5.02. The molecule has 0 aromatic carbocycles. The molecule has 0 N–H and O–H groups in total. The van der Waals surface area contributed by atoms with Gasteiger partial charge in [0.05, 0.1) is 0 Å². The molecule has 1 heteroatoms. The van der Waals surface area contributed by atoms with Crippen LogP contribution in [0.25, 0.3) is 0 Å². The van der Waals surface area contributed by atoms with Crippen LogP contribution < -0.4 is 0 Å². The van der Waals surface area contributed by atoms with Gasteiger partial charge in [-0.2, -0.15) is 0 Å². The van der Waals surface area contributed by atoms with Gasteiger partial charge in [-0.05, 0) is 27.7 Å². The fourth-order valence-electron chi connectivity index (χ4n) is 0.914. The van der Waals surface area contributed by atoms with Crippen molar-refractivity contribution in [3.05, 3.63) is 23.9 Å². The van der Waals surface area contributed by atoms with E-state index in [4.69, 9.17) is 0 Å². The van der Waals surface area contributed by atoms with E-state index in [0.717, 1.165) is 6.42 Å². The van der Waals surface area contributed by atoms with E-state index in [1.807, 2.05) is 0 Å². The Balaban J connectivity index is 4.05. The lowest BCUT2D eigenvalue weighted by Gasteiger charge is -2.26. The summed E-state index contributed by atoms with van der Waals surface area (Å²) in [5, 5.41) is 0. The van der Waals surface area contributed by atoms with E-state index in [-0.39, 0.29) is 0 Å². The maximum Gasteiger partial charge on any atom is 0.0227 e. The molecule has 0 fully saturated rings. The minimum absolute atomic E-state index is 0.544. The summed E-state index contributed by atoms with van der Waals surface area (Å²) >= 11 is 0. The molecular formula is C11H21N. The highest BCUT2D eigenvalue weighted by molar-refractivity contribution is 5.09. The Morgan fingerprint density at radius 1 is 1.50 bits per heavy atom. The van der Waals surface area contributed by atoms with Gasteiger partial charge in [0, 0.05) is 25.2 Å². The van der Waals surface area contributed by atoms with Crippen molar-refractivity contribution in [3.8, 4) is 0 Å². The molecule has 0 heterocycles. The van der Waals surface area contributed by atoms with Gasteiger partial charge in [0.15, 0.2) is 0 Å². The highest BCUT2D eigenvalue weighted by Gasteiger charge is 2.05. The predicted molar refractivity (Wildman–Crippen MR) is 56.1 cm³/mol. The van der Waals surface area contributed by atoms with E-state index in [1.165, 1.54) is 11.3 Å². The number of rotatable bonds is 4. The third-order valence-corrected chi connectivity index (χ3v) is 2.25. The van der Waals surface area contributed by atoms with E-state index < -0.39 is 0 Å². The SMILES string of the molecule is C=C(C/C(C)=C/C)N(C)C(C)C. The maximum absolute atomic E-state index is 4.05. The molecule has 0 spiro atoms. The first-order valence-corrected chi connectivity index (χ1v) is 4.51. The molecule has 0 saturated heterocycles. The Morgan fingerprint density at radius 3 is 2.33 bits per heavy atom. The topological polar surface area (TPSA) is 3.24 Å². The summed E-state index contributed by atoms with van der Waals surface area (Å²) in [6.07, 6.45) is 3.13. The molecule has 0 aliphatic heterocycles. The van der Waals surface area contributed by atoms with Gasteiger partial charge >= 0.3 is 0 Å². The van der Waals surface area contributed by atoms with Gasteiger partial charge in [-0.3, -0.25) is 0 Å². The highest BCUT2D eigenvalue weighted by Crippen LogP contribution is 2.13. The van der Waals surface area contributed by atoms with Crippen LogP contribution in [0.4, 0.5) is 0 Å². The Bertz CT molecular complexity index is 177. The largest absolute Gasteiger partial charge is 0.376 e. The highest BCUT2D eigenvalue weighted by atomic mass is 15.1. The Kier molecular flexibility index (Phi) is 4.72. The maximum atomic E-state index is 4.05. The normalized spacial score (nSPS) is 12.0. The van der Waals surface area contributed by atoms with E-state index in [1.54, 1.807) is 0 Å². The molecule has 0 aromatic rings. The van der Waals surface area contributed by atoms with Gasteiger partial charge in [0.25, 0.3) is 0 Å². The molecule has 70 valence electrons. The number of hydrogen-bond acceptors (Lipinski definition) is 1. The lowest BCUT2D eigenvalue weighted by molar-refractivity contribution is 0.338. The second-order valence-electron chi connectivity index (χ2n) is 3.58. The van der Waals surface area contributed by atoms with Crippen molar-refractivity contribution >= 4 is 0 Å². The zero-order chi connectivity index (χ0) is 9.72. The van der Waals surface area contributed by atoms with Crippen LogP contribution in [0.15, 0.2) is 23.9 Å². The molecule has 0 radical (unpaired) electrons. The second-order valence-corrected chi connectivity index (χ2v) is 3.58. The molecular weight excluding hydrogens is 146 g/mol. The molecule has 0 aliphatic rings. The van der Waals surface area contributed by atoms with Crippen molar-refractivity contribution in [1.29, 1.82) is 0 Å². The molecule has 1 nitrogen and oxygen atoms in total. The van der Waals surface area contributed by atoms with Gasteiger partial charge in [-0.1, -0.05) is 18.2 Å². The molecule has 0 rings (SSSR count). The number of nitrogens with zero attached hydrogens (tertiary/aromatic N) is 1. The minimum Gasteiger partial charge on any atom is -0.376 e. The summed E-state index contributed by atoms with van der Waals surface area (Å²) in [5.74, 6) is 0. The molecule has 12 heavy (non-hydrogen) atoms. The van der Waals surface area contributed by atoms with Crippen LogP contribution in [0, 0.1) is 0 Å². The molecule has 0 amide bonds. The van der Waals surface area contributed by atoms with Gasteiger partial charge in [-0.15, -0.1) is 0 Å². The standard InChI is InChI=1S/C11H21N/c1-7-10(4)8-11(5)12(6)9(2)3/h7,9H,5,8H2,1-4,6H3/b10-7+. The molecule has 0 aliphatic carbocycles. The van der Waals surface area contributed by atoms with Crippen LogP contribution >= 0.6 is 0 Å². The molecule has 0 unspecified atom stereocenters. The zero-order valence-corrected chi connectivity index (χ0v) is 9.02. The van der Waals surface area contributed by atoms with Crippen LogP contribution in [0.3, 0.4) is 0 Å². The first-order valence-electron chi connectivity index (χ1n) is 4.51. The summed E-state index contributed by atoms with van der Waals surface area (Å²) in [6, 6.07) is 0.544. The first kappa shape index (κ1) is 11.3. The number of allylic oxidation sites excluding steroid dienone is 2. The fourth-order valence-corrected chi connectivity index (χ4v) is 0.914. The molecule has 0 aromatic heterocycles. The van der Waals surface area contributed by atoms with Crippen LogP contribution in [0.1, 0.15) is 34.1 Å². The van der Waals surface area contributed by atoms with E-state index in [9.17, 15) is 0 Å². The lowest BCUT2D eigenvalue weighted by Crippen LogP contribution is -2.25. The molecule has 0 bridgehead atoms. The van der Waals surface area contributed by atoms with Crippen molar-refractivity contribution in [3.63, 3.8) is 0 Å². The fraction of sp³-hybridized carbons (Fsp3) is 0.636. The van der Waals surface area contributed by atoms with Gasteiger partial charge < -0.3 is 4.90 Å². The minimum atomic E-state index is 0.544. The van der Waals surface area contributed by atoms with Gasteiger partial charge in [0.1, 0.15) is 0 Å². The Labute approximate surface area is 76.8 Å². The van der Waals surface area contributed by atoms with Gasteiger partial charge in [-0.25, -0.2) is 0 Å². The Morgan fingerprint density at radius 2 is 2.00 bits per heavy atom. The third-order valence-electron chi connectivity index (χ3n) is 2.25.